The molecular weight excluding hydrogens is 326 g/mol. The molecule has 0 radical (unpaired) electrons. The summed E-state index contributed by atoms with van der Waals surface area (Å²) < 4.78 is 5.84. The third-order valence-electron chi connectivity index (χ3n) is 4.58. The molecule has 1 amide bonds. The SMILES string of the molecule is CN(C(=O)C(C)(C)C)C1CCN(c2nc3ccc(Cl)cc3o2)CC1. The molecule has 0 spiro atoms. The highest BCUT2D eigenvalue weighted by atomic mass is 35.5. The summed E-state index contributed by atoms with van der Waals surface area (Å²) >= 11 is 6.00. The molecule has 0 saturated carbocycles. The quantitative estimate of drug-likeness (QED) is 0.823. The normalized spacial score (nSPS) is 16.6. The van der Waals surface area contributed by atoms with Gasteiger partial charge in [-0.05, 0) is 25.0 Å². The second-order valence-corrected chi connectivity index (χ2v) is 7.93. The lowest BCUT2D eigenvalue weighted by atomic mass is 9.93. The number of nitrogens with zero attached hydrogens (tertiary/aromatic N) is 3. The van der Waals surface area contributed by atoms with Crippen LogP contribution in [0.1, 0.15) is 33.6 Å². The number of fused-ring (bicyclic) bond motifs is 1. The maximum Gasteiger partial charge on any atom is 0.298 e. The molecule has 0 atom stereocenters. The van der Waals surface area contributed by atoms with Gasteiger partial charge in [-0.25, -0.2) is 0 Å². The zero-order valence-electron chi connectivity index (χ0n) is 14.7. The van der Waals surface area contributed by atoms with Crippen molar-refractivity contribution in [3.8, 4) is 0 Å². The van der Waals surface area contributed by atoms with E-state index in [-0.39, 0.29) is 17.4 Å². The van der Waals surface area contributed by atoms with E-state index in [1.807, 2.05) is 44.9 Å². The third-order valence-corrected chi connectivity index (χ3v) is 4.82. The number of carbonyl (C=O) groups excluding carboxylic acids is 1. The molecule has 0 bridgehead atoms. The summed E-state index contributed by atoms with van der Waals surface area (Å²) in [4.78, 5) is 21.0. The van der Waals surface area contributed by atoms with Crippen molar-refractivity contribution in [1.82, 2.24) is 9.88 Å². The topological polar surface area (TPSA) is 49.6 Å². The van der Waals surface area contributed by atoms with E-state index in [1.54, 1.807) is 6.07 Å². The summed E-state index contributed by atoms with van der Waals surface area (Å²) in [5, 5.41) is 0.645. The molecule has 2 aromatic rings. The summed E-state index contributed by atoms with van der Waals surface area (Å²) in [7, 11) is 1.91. The Balaban J connectivity index is 1.67. The largest absolute Gasteiger partial charge is 0.423 e. The van der Waals surface area contributed by atoms with Crippen LogP contribution < -0.4 is 4.90 Å². The molecule has 1 aromatic carbocycles. The Kier molecular flexibility index (Phi) is 4.47. The summed E-state index contributed by atoms with van der Waals surface area (Å²) in [6.07, 6.45) is 1.83. The number of hydrogen-bond donors (Lipinski definition) is 0. The fourth-order valence-electron chi connectivity index (χ4n) is 3.16. The van der Waals surface area contributed by atoms with Crippen LogP contribution in [-0.4, -0.2) is 42.0 Å². The number of anilines is 1. The Morgan fingerprint density at radius 1 is 1.33 bits per heavy atom. The summed E-state index contributed by atoms with van der Waals surface area (Å²) in [5.41, 5.74) is 1.18. The average molecular weight is 350 g/mol. The molecule has 6 heteroatoms. The lowest BCUT2D eigenvalue weighted by Gasteiger charge is -2.38. The molecule has 1 aliphatic rings. The van der Waals surface area contributed by atoms with Crippen molar-refractivity contribution < 1.29 is 9.21 Å². The molecule has 3 rings (SSSR count). The highest BCUT2D eigenvalue weighted by Gasteiger charge is 2.32. The maximum atomic E-state index is 12.4. The Morgan fingerprint density at radius 3 is 2.62 bits per heavy atom. The van der Waals surface area contributed by atoms with E-state index in [1.165, 1.54) is 0 Å². The van der Waals surface area contributed by atoms with Gasteiger partial charge in [0.25, 0.3) is 6.01 Å². The number of aromatic nitrogens is 1. The van der Waals surface area contributed by atoms with Gasteiger partial charge < -0.3 is 14.2 Å². The molecule has 1 saturated heterocycles. The van der Waals surface area contributed by atoms with Crippen molar-refractivity contribution >= 4 is 34.6 Å². The first kappa shape index (κ1) is 17.1. The van der Waals surface area contributed by atoms with Crippen LogP contribution in [0, 0.1) is 5.41 Å². The lowest BCUT2D eigenvalue weighted by molar-refractivity contribution is -0.140. The first-order chi connectivity index (χ1) is 11.3. The molecule has 2 heterocycles. The van der Waals surface area contributed by atoms with Crippen LogP contribution in [0.15, 0.2) is 22.6 Å². The summed E-state index contributed by atoms with van der Waals surface area (Å²) in [6, 6.07) is 6.38. The van der Waals surface area contributed by atoms with E-state index in [2.05, 4.69) is 9.88 Å². The Bertz CT molecular complexity index is 742. The van der Waals surface area contributed by atoms with Gasteiger partial charge in [0.2, 0.25) is 5.91 Å². The van der Waals surface area contributed by atoms with Crippen molar-refractivity contribution in [2.75, 3.05) is 25.0 Å². The zero-order chi connectivity index (χ0) is 17.5. The van der Waals surface area contributed by atoms with Gasteiger partial charge in [-0.2, -0.15) is 4.98 Å². The molecule has 0 aliphatic carbocycles. The van der Waals surface area contributed by atoms with Crippen LogP contribution in [0.5, 0.6) is 0 Å². The van der Waals surface area contributed by atoms with Gasteiger partial charge in [0, 0.05) is 42.7 Å². The molecule has 0 unspecified atom stereocenters. The standard InChI is InChI=1S/C18H24ClN3O2/c1-18(2,3)16(23)21(4)13-7-9-22(10-8-13)17-20-14-6-5-12(19)11-15(14)24-17/h5-6,11,13H,7-10H2,1-4H3. The van der Waals surface area contributed by atoms with Crippen molar-refractivity contribution in [3.05, 3.63) is 23.2 Å². The molecule has 5 nitrogen and oxygen atoms in total. The smallest absolute Gasteiger partial charge is 0.298 e. The number of hydrogen-bond acceptors (Lipinski definition) is 4. The van der Waals surface area contributed by atoms with Gasteiger partial charge in [0.05, 0.1) is 0 Å². The molecule has 1 aromatic heterocycles. The lowest BCUT2D eigenvalue weighted by Crippen LogP contribution is -2.48. The minimum atomic E-state index is -0.342. The number of amides is 1. The van der Waals surface area contributed by atoms with Gasteiger partial charge in [-0.15, -0.1) is 0 Å². The summed E-state index contributed by atoms with van der Waals surface area (Å²) in [6.45, 7) is 7.54. The van der Waals surface area contributed by atoms with Gasteiger partial charge in [0.1, 0.15) is 5.52 Å². The van der Waals surface area contributed by atoms with Crippen molar-refractivity contribution in [2.24, 2.45) is 5.41 Å². The molecule has 1 fully saturated rings. The number of benzene rings is 1. The van der Waals surface area contributed by atoms with Gasteiger partial charge in [-0.3, -0.25) is 4.79 Å². The Labute approximate surface area is 147 Å². The fourth-order valence-corrected chi connectivity index (χ4v) is 3.32. The van der Waals surface area contributed by atoms with Crippen LogP contribution in [0.2, 0.25) is 5.02 Å². The Morgan fingerprint density at radius 2 is 2.00 bits per heavy atom. The van der Waals surface area contributed by atoms with E-state index < -0.39 is 0 Å². The van der Waals surface area contributed by atoms with Gasteiger partial charge in [-0.1, -0.05) is 32.4 Å². The number of piperidine rings is 1. The highest BCUT2D eigenvalue weighted by Crippen LogP contribution is 2.28. The molecule has 0 N–H and O–H groups in total. The van der Waals surface area contributed by atoms with Gasteiger partial charge >= 0.3 is 0 Å². The van der Waals surface area contributed by atoms with E-state index in [4.69, 9.17) is 16.0 Å². The minimum absolute atomic E-state index is 0.192. The van der Waals surface area contributed by atoms with Crippen LogP contribution >= 0.6 is 11.6 Å². The van der Waals surface area contributed by atoms with E-state index >= 15 is 0 Å². The fraction of sp³-hybridized carbons (Fsp3) is 0.556. The first-order valence-electron chi connectivity index (χ1n) is 8.34. The number of carbonyl (C=O) groups is 1. The monoisotopic (exact) mass is 349 g/mol. The molecule has 1 aliphatic heterocycles. The number of halogens is 1. The zero-order valence-corrected chi connectivity index (χ0v) is 15.4. The second kappa shape index (κ2) is 6.28. The van der Waals surface area contributed by atoms with E-state index in [9.17, 15) is 4.79 Å². The van der Waals surface area contributed by atoms with Crippen molar-refractivity contribution in [2.45, 2.75) is 39.7 Å². The van der Waals surface area contributed by atoms with E-state index in [0.717, 1.165) is 31.4 Å². The first-order valence-corrected chi connectivity index (χ1v) is 8.72. The number of rotatable bonds is 2. The van der Waals surface area contributed by atoms with Crippen LogP contribution in [-0.2, 0) is 4.79 Å². The highest BCUT2D eigenvalue weighted by molar-refractivity contribution is 6.31. The van der Waals surface area contributed by atoms with Gasteiger partial charge in [0.15, 0.2) is 5.58 Å². The van der Waals surface area contributed by atoms with Crippen molar-refractivity contribution in [1.29, 1.82) is 0 Å². The average Bonchev–Trinajstić information content (AvgIpc) is 2.95. The minimum Gasteiger partial charge on any atom is -0.423 e. The van der Waals surface area contributed by atoms with Crippen LogP contribution in [0.4, 0.5) is 6.01 Å². The Hall–Kier alpha value is -1.75. The maximum absolute atomic E-state index is 12.4. The number of oxazole rings is 1. The van der Waals surface area contributed by atoms with E-state index in [0.29, 0.717) is 16.6 Å². The summed E-state index contributed by atoms with van der Waals surface area (Å²) in [5.74, 6) is 0.192. The molecule has 24 heavy (non-hydrogen) atoms. The second-order valence-electron chi connectivity index (χ2n) is 7.49. The van der Waals surface area contributed by atoms with Crippen LogP contribution in [0.3, 0.4) is 0 Å². The predicted molar refractivity (Wildman–Crippen MR) is 96.5 cm³/mol. The predicted octanol–water partition coefficient (Wildman–Crippen LogP) is 3.95. The van der Waals surface area contributed by atoms with Crippen LogP contribution in [0.25, 0.3) is 11.1 Å². The van der Waals surface area contributed by atoms with Crippen molar-refractivity contribution in [3.63, 3.8) is 0 Å². The molecular formula is C18H24ClN3O2. The third kappa shape index (κ3) is 3.36. The molecule has 130 valence electrons.